The summed E-state index contributed by atoms with van der Waals surface area (Å²) in [6.45, 7) is 1.49. The van der Waals surface area contributed by atoms with E-state index in [1.54, 1.807) is 25.5 Å². The number of aryl methyl sites for hydroxylation is 1. The van der Waals surface area contributed by atoms with Gasteiger partial charge >= 0.3 is 0 Å². The fourth-order valence-corrected chi connectivity index (χ4v) is 3.00. The number of fused-ring (bicyclic) bond motifs is 1. The summed E-state index contributed by atoms with van der Waals surface area (Å²) in [7, 11) is 1.70. The van der Waals surface area contributed by atoms with E-state index in [1.807, 2.05) is 12.1 Å². The van der Waals surface area contributed by atoms with Crippen LogP contribution in [0, 0.1) is 0 Å². The average molecular weight is 311 g/mol. The van der Waals surface area contributed by atoms with E-state index >= 15 is 0 Å². The van der Waals surface area contributed by atoms with Crippen LogP contribution in [-0.2, 0) is 13.0 Å². The number of benzene rings is 1. The van der Waals surface area contributed by atoms with Crippen LogP contribution in [0.2, 0.25) is 0 Å². The predicted octanol–water partition coefficient (Wildman–Crippen LogP) is 3.29. The second-order valence-corrected chi connectivity index (χ2v) is 5.47. The zero-order chi connectivity index (χ0) is 15.6. The van der Waals surface area contributed by atoms with Crippen molar-refractivity contribution in [2.24, 2.45) is 0 Å². The van der Waals surface area contributed by atoms with Crippen LogP contribution in [0.25, 0.3) is 11.7 Å². The summed E-state index contributed by atoms with van der Waals surface area (Å²) in [4.78, 5) is 2.23. The minimum atomic E-state index is 0.405. The van der Waals surface area contributed by atoms with E-state index in [9.17, 15) is 0 Å². The van der Waals surface area contributed by atoms with Crippen LogP contribution in [-0.4, -0.2) is 23.9 Å². The van der Waals surface area contributed by atoms with Gasteiger partial charge in [-0.1, -0.05) is 12.1 Å². The number of aromatic nitrogens is 2. The minimum absolute atomic E-state index is 0.405. The van der Waals surface area contributed by atoms with E-state index in [0.717, 1.165) is 30.8 Å². The molecule has 0 saturated carbocycles. The van der Waals surface area contributed by atoms with Crippen molar-refractivity contribution in [1.29, 1.82) is 0 Å². The number of hydrogen-bond donors (Lipinski definition) is 0. The van der Waals surface area contributed by atoms with Crippen molar-refractivity contribution < 1.29 is 13.6 Å². The van der Waals surface area contributed by atoms with Crippen LogP contribution in [0.15, 0.2) is 45.4 Å². The van der Waals surface area contributed by atoms with Gasteiger partial charge in [0.25, 0.3) is 5.89 Å². The SMILES string of the molecule is COc1cccc2c1N(Cc1nnc(-c3ccco3)o1)CCC2. The lowest BCUT2D eigenvalue weighted by molar-refractivity contribution is 0.410. The van der Waals surface area contributed by atoms with Gasteiger partial charge in [0.15, 0.2) is 5.76 Å². The predicted molar refractivity (Wildman–Crippen MR) is 84.4 cm³/mol. The van der Waals surface area contributed by atoms with Gasteiger partial charge in [-0.2, -0.15) is 0 Å². The Hall–Kier alpha value is -2.76. The molecule has 0 atom stereocenters. The Morgan fingerprint density at radius 2 is 2.17 bits per heavy atom. The van der Waals surface area contributed by atoms with E-state index in [0.29, 0.717) is 24.1 Å². The van der Waals surface area contributed by atoms with Gasteiger partial charge in [0.2, 0.25) is 5.89 Å². The van der Waals surface area contributed by atoms with Crippen molar-refractivity contribution in [1.82, 2.24) is 10.2 Å². The van der Waals surface area contributed by atoms with Crippen LogP contribution in [0.3, 0.4) is 0 Å². The summed E-state index contributed by atoms with van der Waals surface area (Å²) >= 11 is 0. The molecule has 6 nitrogen and oxygen atoms in total. The van der Waals surface area contributed by atoms with Gasteiger partial charge in [-0.3, -0.25) is 0 Å². The minimum Gasteiger partial charge on any atom is -0.495 e. The molecule has 0 unspecified atom stereocenters. The molecule has 23 heavy (non-hydrogen) atoms. The first-order valence-electron chi connectivity index (χ1n) is 7.62. The lowest BCUT2D eigenvalue weighted by Gasteiger charge is -2.31. The van der Waals surface area contributed by atoms with Gasteiger partial charge in [-0.05, 0) is 36.6 Å². The average Bonchev–Trinajstić information content (AvgIpc) is 3.25. The molecular formula is C17H17N3O3. The van der Waals surface area contributed by atoms with Crippen LogP contribution < -0.4 is 9.64 Å². The Bertz CT molecular complexity index is 781. The Morgan fingerprint density at radius 3 is 3.00 bits per heavy atom. The first kappa shape index (κ1) is 13.9. The number of hydrogen-bond acceptors (Lipinski definition) is 6. The van der Waals surface area contributed by atoms with Crippen molar-refractivity contribution in [3.63, 3.8) is 0 Å². The zero-order valence-electron chi connectivity index (χ0n) is 12.9. The van der Waals surface area contributed by atoms with Crippen molar-refractivity contribution in [3.05, 3.63) is 48.0 Å². The zero-order valence-corrected chi connectivity index (χ0v) is 12.9. The molecule has 0 spiro atoms. The topological polar surface area (TPSA) is 64.5 Å². The summed E-state index contributed by atoms with van der Waals surface area (Å²) in [6, 6.07) is 9.76. The van der Waals surface area contributed by atoms with Crippen LogP contribution >= 0.6 is 0 Å². The highest BCUT2D eigenvalue weighted by atomic mass is 16.5. The molecule has 3 heterocycles. The van der Waals surface area contributed by atoms with Crippen molar-refractivity contribution >= 4 is 5.69 Å². The van der Waals surface area contributed by atoms with Gasteiger partial charge in [0.05, 0.1) is 25.6 Å². The highest BCUT2D eigenvalue weighted by molar-refractivity contribution is 5.65. The van der Waals surface area contributed by atoms with Gasteiger partial charge in [-0.15, -0.1) is 10.2 Å². The quantitative estimate of drug-likeness (QED) is 0.736. The molecule has 118 valence electrons. The summed E-state index contributed by atoms with van der Waals surface area (Å²) in [6.07, 6.45) is 3.74. The van der Waals surface area contributed by atoms with E-state index in [4.69, 9.17) is 13.6 Å². The first-order chi connectivity index (χ1) is 11.3. The lowest BCUT2D eigenvalue weighted by atomic mass is 10.0. The normalized spacial score (nSPS) is 13.9. The maximum Gasteiger partial charge on any atom is 0.283 e. The number of anilines is 1. The molecule has 6 heteroatoms. The fourth-order valence-electron chi connectivity index (χ4n) is 3.00. The lowest BCUT2D eigenvalue weighted by Crippen LogP contribution is -2.29. The van der Waals surface area contributed by atoms with Crippen LogP contribution in [0.1, 0.15) is 17.9 Å². The molecule has 0 bridgehead atoms. The number of furan rings is 1. The molecule has 4 rings (SSSR count). The van der Waals surface area contributed by atoms with Crippen molar-refractivity contribution in [2.45, 2.75) is 19.4 Å². The van der Waals surface area contributed by atoms with E-state index in [-0.39, 0.29) is 0 Å². The number of ether oxygens (including phenoxy) is 1. The van der Waals surface area contributed by atoms with Crippen molar-refractivity contribution in [2.75, 3.05) is 18.6 Å². The number of rotatable bonds is 4. The molecule has 3 aromatic rings. The molecule has 0 aliphatic carbocycles. The largest absolute Gasteiger partial charge is 0.495 e. The third kappa shape index (κ3) is 2.56. The van der Waals surface area contributed by atoms with E-state index in [1.165, 1.54) is 5.56 Å². The molecular weight excluding hydrogens is 294 g/mol. The molecule has 2 aromatic heterocycles. The number of methoxy groups -OCH3 is 1. The molecule has 1 aliphatic heterocycles. The molecule has 0 saturated heterocycles. The highest BCUT2D eigenvalue weighted by Gasteiger charge is 2.23. The van der Waals surface area contributed by atoms with Crippen LogP contribution in [0.5, 0.6) is 5.75 Å². The third-order valence-corrected chi connectivity index (χ3v) is 4.02. The number of para-hydroxylation sites is 1. The molecule has 0 N–H and O–H groups in total. The van der Waals surface area contributed by atoms with Gasteiger partial charge in [0.1, 0.15) is 5.75 Å². The Kier molecular flexibility index (Phi) is 3.49. The second-order valence-electron chi connectivity index (χ2n) is 5.47. The van der Waals surface area contributed by atoms with E-state index in [2.05, 4.69) is 21.2 Å². The second kappa shape index (κ2) is 5.79. The number of nitrogens with zero attached hydrogens (tertiary/aromatic N) is 3. The van der Waals surface area contributed by atoms with Gasteiger partial charge < -0.3 is 18.5 Å². The van der Waals surface area contributed by atoms with E-state index < -0.39 is 0 Å². The monoisotopic (exact) mass is 311 g/mol. The maximum absolute atomic E-state index is 5.72. The smallest absolute Gasteiger partial charge is 0.283 e. The Labute approximate surface area is 133 Å². The molecule has 0 fully saturated rings. The third-order valence-electron chi connectivity index (χ3n) is 4.02. The molecule has 0 amide bonds. The maximum atomic E-state index is 5.72. The molecule has 0 radical (unpaired) electrons. The fraction of sp³-hybridized carbons (Fsp3) is 0.294. The Morgan fingerprint density at radius 1 is 1.22 bits per heavy atom. The highest BCUT2D eigenvalue weighted by Crippen LogP contribution is 2.36. The molecule has 1 aromatic carbocycles. The summed E-state index contributed by atoms with van der Waals surface area (Å²) in [5.41, 5.74) is 2.42. The standard InChI is InChI=1S/C17H17N3O3/c1-21-13-7-2-5-12-6-3-9-20(16(12)13)11-15-18-19-17(23-15)14-8-4-10-22-14/h2,4-5,7-8,10H,3,6,9,11H2,1H3. The van der Waals surface area contributed by atoms with Gasteiger partial charge in [0, 0.05) is 6.54 Å². The summed E-state index contributed by atoms with van der Waals surface area (Å²) in [5.74, 6) is 2.44. The van der Waals surface area contributed by atoms with Gasteiger partial charge in [-0.25, -0.2) is 0 Å². The van der Waals surface area contributed by atoms with Crippen molar-refractivity contribution in [3.8, 4) is 17.4 Å². The Balaban J connectivity index is 1.61. The molecule has 1 aliphatic rings. The van der Waals surface area contributed by atoms with Crippen LogP contribution in [0.4, 0.5) is 5.69 Å². The summed E-state index contributed by atoms with van der Waals surface area (Å²) in [5, 5.41) is 8.19. The summed E-state index contributed by atoms with van der Waals surface area (Å²) < 4.78 is 16.5. The first-order valence-corrected chi connectivity index (χ1v) is 7.62.